The van der Waals surface area contributed by atoms with Crippen LogP contribution < -0.4 is 0 Å². The van der Waals surface area contributed by atoms with Crippen molar-refractivity contribution >= 4 is 5.97 Å². The second-order valence-corrected chi connectivity index (χ2v) is 3.31. The molecule has 0 saturated carbocycles. The SMILES string of the molecule is CCC=C(C(=O)O)C1=CCCCC1. The summed E-state index contributed by atoms with van der Waals surface area (Å²) >= 11 is 0. The van der Waals surface area contributed by atoms with Gasteiger partial charge in [0.1, 0.15) is 0 Å². The molecule has 0 aromatic carbocycles. The highest BCUT2D eigenvalue weighted by Gasteiger charge is 2.13. The molecule has 0 aromatic heterocycles. The maximum absolute atomic E-state index is 10.9. The van der Waals surface area contributed by atoms with Crippen molar-refractivity contribution in [2.24, 2.45) is 0 Å². The molecule has 0 bridgehead atoms. The van der Waals surface area contributed by atoms with Gasteiger partial charge in [-0.15, -0.1) is 0 Å². The van der Waals surface area contributed by atoms with E-state index in [-0.39, 0.29) is 0 Å². The number of hydrogen-bond donors (Lipinski definition) is 1. The minimum atomic E-state index is -0.782. The molecule has 0 heterocycles. The van der Waals surface area contributed by atoms with Crippen LogP contribution in [0.1, 0.15) is 39.0 Å². The highest BCUT2D eigenvalue weighted by Crippen LogP contribution is 2.24. The second kappa shape index (κ2) is 4.85. The number of rotatable bonds is 3. The summed E-state index contributed by atoms with van der Waals surface area (Å²) in [5, 5.41) is 8.95. The molecule has 1 aliphatic carbocycles. The zero-order chi connectivity index (χ0) is 9.68. The lowest BCUT2D eigenvalue weighted by atomic mass is 9.93. The molecule has 0 saturated heterocycles. The largest absolute Gasteiger partial charge is 0.478 e. The molecule has 0 amide bonds. The molecule has 13 heavy (non-hydrogen) atoms. The molecule has 0 radical (unpaired) electrons. The fraction of sp³-hybridized carbons (Fsp3) is 0.545. The van der Waals surface area contributed by atoms with Crippen LogP contribution in [0.2, 0.25) is 0 Å². The maximum atomic E-state index is 10.9. The van der Waals surface area contributed by atoms with E-state index in [1.807, 2.05) is 6.92 Å². The summed E-state index contributed by atoms with van der Waals surface area (Å²) in [6.45, 7) is 1.96. The van der Waals surface area contributed by atoms with E-state index in [1.54, 1.807) is 6.08 Å². The minimum absolute atomic E-state index is 0.516. The van der Waals surface area contributed by atoms with E-state index < -0.39 is 5.97 Å². The van der Waals surface area contributed by atoms with E-state index in [0.29, 0.717) is 5.57 Å². The van der Waals surface area contributed by atoms with Crippen molar-refractivity contribution in [3.8, 4) is 0 Å². The molecule has 0 aromatic rings. The first-order valence-corrected chi connectivity index (χ1v) is 4.88. The molecule has 1 aliphatic rings. The Morgan fingerprint density at radius 2 is 2.38 bits per heavy atom. The van der Waals surface area contributed by atoms with E-state index in [4.69, 9.17) is 5.11 Å². The average Bonchev–Trinajstić information content (AvgIpc) is 2.15. The van der Waals surface area contributed by atoms with Crippen LogP contribution in [0.25, 0.3) is 0 Å². The highest BCUT2D eigenvalue weighted by atomic mass is 16.4. The molecule has 2 nitrogen and oxygen atoms in total. The summed E-state index contributed by atoms with van der Waals surface area (Å²) in [6, 6.07) is 0. The first-order chi connectivity index (χ1) is 6.25. The highest BCUT2D eigenvalue weighted by molar-refractivity contribution is 5.91. The van der Waals surface area contributed by atoms with Crippen LogP contribution in [0.15, 0.2) is 23.3 Å². The van der Waals surface area contributed by atoms with Crippen LogP contribution in [-0.2, 0) is 4.79 Å². The van der Waals surface area contributed by atoms with E-state index in [1.165, 1.54) is 6.42 Å². The van der Waals surface area contributed by atoms with Crippen LogP contribution in [0, 0.1) is 0 Å². The number of carboxylic acids is 1. The zero-order valence-corrected chi connectivity index (χ0v) is 8.05. The Hall–Kier alpha value is -1.05. The molecule has 0 aliphatic heterocycles. The van der Waals surface area contributed by atoms with Crippen molar-refractivity contribution < 1.29 is 9.90 Å². The normalized spacial score (nSPS) is 18.2. The monoisotopic (exact) mass is 180 g/mol. The van der Waals surface area contributed by atoms with Gasteiger partial charge in [0.25, 0.3) is 0 Å². The van der Waals surface area contributed by atoms with E-state index in [0.717, 1.165) is 31.3 Å². The number of carbonyl (C=O) groups is 1. The van der Waals surface area contributed by atoms with Crippen molar-refractivity contribution in [2.75, 3.05) is 0 Å². The molecule has 1 N–H and O–H groups in total. The van der Waals surface area contributed by atoms with Gasteiger partial charge in [-0.2, -0.15) is 0 Å². The summed E-state index contributed by atoms with van der Waals surface area (Å²) < 4.78 is 0. The summed E-state index contributed by atoms with van der Waals surface area (Å²) in [7, 11) is 0. The van der Waals surface area contributed by atoms with Crippen molar-refractivity contribution in [2.45, 2.75) is 39.0 Å². The lowest BCUT2D eigenvalue weighted by molar-refractivity contribution is -0.132. The van der Waals surface area contributed by atoms with Crippen molar-refractivity contribution in [3.63, 3.8) is 0 Å². The fourth-order valence-electron chi connectivity index (χ4n) is 1.64. The van der Waals surface area contributed by atoms with Gasteiger partial charge in [-0.3, -0.25) is 0 Å². The third kappa shape index (κ3) is 2.72. The quantitative estimate of drug-likeness (QED) is 0.678. The Kier molecular flexibility index (Phi) is 3.74. The first kappa shape index (κ1) is 10.0. The lowest BCUT2D eigenvalue weighted by Crippen LogP contribution is -2.06. The maximum Gasteiger partial charge on any atom is 0.335 e. The van der Waals surface area contributed by atoms with Crippen molar-refractivity contribution in [3.05, 3.63) is 23.3 Å². The Morgan fingerprint density at radius 3 is 2.85 bits per heavy atom. The second-order valence-electron chi connectivity index (χ2n) is 3.31. The van der Waals surface area contributed by atoms with E-state index in [2.05, 4.69) is 6.08 Å². The Bertz CT molecular complexity index is 249. The summed E-state index contributed by atoms with van der Waals surface area (Å²) in [5.41, 5.74) is 1.54. The van der Waals surface area contributed by atoms with Gasteiger partial charge in [0.05, 0.1) is 5.57 Å². The molecular weight excluding hydrogens is 164 g/mol. The topological polar surface area (TPSA) is 37.3 Å². The van der Waals surface area contributed by atoms with Gasteiger partial charge < -0.3 is 5.11 Å². The number of aliphatic carboxylic acids is 1. The standard InChI is InChI=1S/C11H16O2/c1-2-6-10(11(12)13)9-7-4-3-5-8-9/h6-7H,2-5,8H2,1H3,(H,12,13). The van der Waals surface area contributed by atoms with Gasteiger partial charge in [0.2, 0.25) is 0 Å². The van der Waals surface area contributed by atoms with E-state index in [9.17, 15) is 4.79 Å². The lowest BCUT2D eigenvalue weighted by Gasteiger charge is -2.12. The minimum Gasteiger partial charge on any atom is -0.478 e. The molecular formula is C11H16O2. The van der Waals surface area contributed by atoms with Gasteiger partial charge in [0.15, 0.2) is 0 Å². The Labute approximate surface area is 79.0 Å². The van der Waals surface area contributed by atoms with E-state index >= 15 is 0 Å². The Balaban J connectivity index is 2.80. The number of allylic oxidation sites excluding steroid dienone is 2. The molecule has 2 heteroatoms. The molecule has 0 spiro atoms. The van der Waals surface area contributed by atoms with Gasteiger partial charge in [0, 0.05) is 0 Å². The van der Waals surface area contributed by atoms with Crippen molar-refractivity contribution in [1.29, 1.82) is 0 Å². The summed E-state index contributed by atoms with van der Waals surface area (Å²) in [5.74, 6) is -0.782. The summed E-state index contributed by atoms with van der Waals surface area (Å²) in [6.07, 6.45) is 8.95. The summed E-state index contributed by atoms with van der Waals surface area (Å²) in [4.78, 5) is 10.9. The van der Waals surface area contributed by atoms with Crippen LogP contribution in [0.5, 0.6) is 0 Å². The van der Waals surface area contributed by atoms with Gasteiger partial charge in [-0.1, -0.05) is 19.1 Å². The van der Waals surface area contributed by atoms with Crippen LogP contribution in [-0.4, -0.2) is 11.1 Å². The number of hydrogen-bond acceptors (Lipinski definition) is 1. The van der Waals surface area contributed by atoms with Crippen LogP contribution in [0.3, 0.4) is 0 Å². The van der Waals surface area contributed by atoms with Crippen LogP contribution in [0.4, 0.5) is 0 Å². The van der Waals surface area contributed by atoms with Crippen molar-refractivity contribution in [1.82, 2.24) is 0 Å². The van der Waals surface area contributed by atoms with Gasteiger partial charge in [-0.05, 0) is 37.7 Å². The number of carboxylic acid groups (broad SMARTS) is 1. The Morgan fingerprint density at radius 1 is 1.62 bits per heavy atom. The molecule has 72 valence electrons. The first-order valence-electron chi connectivity index (χ1n) is 4.88. The molecule has 0 unspecified atom stereocenters. The fourth-order valence-corrected chi connectivity index (χ4v) is 1.64. The van der Waals surface area contributed by atoms with Crippen LogP contribution >= 0.6 is 0 Å². The zero-order valence-electron chi connectivity index (χ0n) is 8.05. The average molecular weight is 180 g/mol. The third-order valence-electron chi connectivity index (χ3n) is 2.28. The molecule has 0 fully saturated rings. The predicted molar refractivity (Wildman–Crippen MR) is 52.6 cm³/mol. The molecule has 0 atom stereocenters. The van der Waals surface area contributed by atoms with Gasteiger partial charge >= 0.3 is 5.97 Å². The predicted octanol–water partition coefficient (Wildman–Crippen LogP) is 2.91. The smallest absolute Gasteiger partial charge is 0.335 e. The third-order valence-corrected chi connectivity index (χ3v) is 2.28. The molecule has 1 rings (SSSR count). The van der Waals surface area contributed by atoms with Gasteiger partial charge in [-0.25, -0.2) is 4.79 Å².